The number of nitriles is 1. The molecule has 102 valence electrons. The second-order valence-corrected chi connectivity index (χ2v) is 4.87. The van der Waals surface area contributed by atoms with Gasteiger partial charge in [0.2, 0.25) is 0 Å². The average Bonchev–Trinajstić information content (AvgIpc) is 2.39. The van der Waals surface area contributed by atoms with Gasteiger partial charge < -0.3 is 10.4 Å². The van der Waals surface area contributed by atoms with Crippen LogP contribution in [0.3, 0.4) is 0 Å². The fourth-order valence-corrected chi connectivity index (χ4v) is 2.42. The maximum Gasteiger partial charge on any atom is 0.131 e. The molecule has 0 saturated heterocycles. The third kappa shape index (κ3) is 3.28. The van der Waals surface area contributed by atoms with E-state index in [-0.39, 0.29) is 23.7 Å². The van der Waals surface area contributed by atoms with E-state index in [4.69, 9.17) is 5.26 Å². The Balaban J connectivity index is 2.05. The first-order valence-corrected chi connectivity index (χ1v) is 6.41. The highest BCUT2D eigenvalue weighted by Gasteiger charge is 2.23. The topological polar surface area (TPSA) is 56.0 Å². The molecule has 2 unspecified atom stereocenters. The zero-order valence-electron chi connectivity index (χ0n) is 10.5. The molecule has 0 bridgehead atoms. The number of aliphatic hydroxyl groups is 1. The van der Waals surface area contributed by atoms with Crippen molar-refractivity contribution >= 4 is 0 Å². The summed E-state index contributed by atoms with van der Waals surface area (Å²) in [6, 6.07) is 3.64. The Bertz CT molecular complexity index is 476. The lowest BCUT2D eigenvalue weighted by atomic mass is 9.92. The average molecular weight is 266 g/mol. The van der Waals surface area contributed by atoms with Gasteiger partial charge >= 0.3 is 0 Å². The summed E-state index contributed by atoms with van der Waals surface area (Å²) < 4.78 is 27.3. The molecule has 0 aliphatic heterocycles. The monoisotopic (exact) mass is 266 g/mol. The Kier molecular flexibility index (Phi) is 4.46. The number of nitrogens with zero attached hydrogens (tertiary/aromatic N) is 1. The molecule has 5 heteroatoms. The number of halogens is 2. The summed E-state index contributed by atoms with van der Waals surface area (Å²) in [5.41, 5.74) is -0.117. The molecule has 2 rings (SSSR count). The van der Waals surface area contributed by atoms with E-state index in [0.29, 0.717) is 0 Å². The molecule has 0 heterocycles. The molecule has 0 aromatic heterocycles. The SMILES string of the molecule is N#Cc1cc(F)c(CNC2CCCCC2O)c(F)c1. The van der Waals surface area contributed by atoms with Gasteiger partial charge in [-0.15, -0.1) is 0 Å². The molecule has 2 N–H and O–H groups in total. The predicted molar refractivity (Wildman–Crippen MR) is 66.2 cm³/mol. The van der Waals surface area contributed by atoms with Gasteiger partial charge in [-0.25, -0.2) is 8.78 Å². The Morgan fingerprint density at radius 3 is 2.47 bits per heavy atom. The summed E-state index contributed by atoms with van der Waals surface area (Å²) in [5, 5.41) is 21.4. The molecule has 0 radical (unpaired) electrons. The maximum atomic E-state index is 13.7. The van der Waals surface area contributed by atoms with Gasteiger partial charge in [0.05, 0.1) is 17.7 Å². The smallest absolute Gasteiger partial charge is 0.131 e. The van der Waals surface area contributed by atoms with Gasteiger partial charge in [-0.05, 0) is 25.0 Å². The van der Waals surface area contributed by atoms with Crippen molar-refractivity contribution in [2.45, 2.75) is 44.4 Å². The Morgan fingerprint density at radius 2 is 1.89 bits per heavy atom. The first-order chi connectivity index (χ1) is 9.11. The molecule has 1 saturated carbocycles. The first-order valence-electron chi connectivity index (χ1n) is 6.41. The van der Waals surface area contributed by atoms with E-state index in [9.17, 15) is 13.9 Å². The lowest BCUT2D eigenvalue weighted by Gasteiger charge is -2.28. The number of hydrogen-bond acceptors (Lipinski definition) is 3. The number of aliphatic hydroxyl groups excluding tert-OH is 1. The summed E-state index contributed by atoms with van der Waals surface area (Å²) >= 11 is 0. The summed E-state index contributed by atoms with van der Waals surface area (Å²) in [6.07, 6.45) is 3.06. The fraction of sp³-hybridized carbons (Fsp3) is 0.500. The quantitative estimate of drug-likeness (QED) is 0.882. The van der Waals surface area contributed by atoms with Crippen LogP contribution in [0.25, 0.3) is 0 Å². The van der Waals surface area contributed by atoms with Crippen LogP contribution >= 0.6 is 0 Å². The third-order valence-corrected chi connectivity index (χ3v) is 3.54. The van der Waals surface area contributed by atoms with Crippen LogP contribution < -0.4 is 5.32 Å². The van der Waals surface area contributed by atoms with Gasteiger partial charge in [-0.3, -0.25) is 0 Å². The Morgan fingerprint density at radius 1 is 1.26 bits per heavy atom. The normalized spacial score (nSPS) is 23.1. The number of hydrogen-bond donors (Lipinski definition) is 2. The third-order valence-electron chi connectivity index (χ3n) is 3.54. The van der Waals surface area contributed by atoms with Crippen LogP contribution in [-0.4, -0.2) is 17.3 Å². The first kappa shape index (κ1) is 13.9. The van der Waals surface area contributed by atoms with Crippen molar-refractivity contribution in [1.29, 1.82) is 5.26 Å². The standard InChI is InChI=1S/C14H16F2N2O/c15-11-5-9(7-17)6-12(16)10(11)8-18-13-3-1-2-4-14(13)19/h5-6,13-14,18-19H,1-4,8H2. The second kappa shape index (κ2) is 6.09. The molecule has 1 aromatic rings. The largest absolute Gasteiger partial charge is 0.392 e. The lowest BCUT2D eigenvalue weighted by Crippen LogP contribution is -2.41. The summed E-state index contributed by atoms with van der Waals surface area (Å²) in [5.74, 6) is -1.45. The van der Waals surface area contributed by atoms with E-state index < -0.39 is 17.7 Å². The van der Waals surface area contributed by atoms with E-state index >= 15 is 0 Å². The molecule has 0 spiro atoms. The zero-order chi connectivity index (χ0) is 13.8. The molecule has 3 nitrogen and oxygen atoms in total. The van der Waals surface area contributed by atoms with Gasteiger partial charge in [0.15, 0.2) is 0 Å². The lowest BCUT2D eigenvalue weighted by molar-refractivity contribution is 0.0899. The highest BCUT2D eigenvalue weighted by atomic mass is 19.1. The van der Waals surface area contributed by atoms with Crippen molar-refractivity contribution in [3.05, 3.63) is 34.9 Å². The Hall–Kier alpha value is -1.51. The van der Waals surface area contributed by atoms with Crippen molar-refractivity contribution in [2.24, 2.45) is 0 Å². The molecular weight excluding hydrogens is 250 g/mol. The predicted octanol–water partition coefficient (Wildman–Crippen LogP) is 2.23. The van der Waals surface area contributed by atoms with E-state index in [0.717, 1.165) is 37.8 Å². The molecule has 1 aliphatic rings. The molecule has 1 aliphatic carbocycles. The van der Waals surface area contributed by atoms with Crippen molar-refractivity contribution in [3.63, 3.8) is 0 Å². The van der Waals surface area contributed by atoms with E-state index in [1.54, 1.807) is 6.07 Å². The van der Waals surface area contributed by atoms with Gasteiger partial charge in [0, 0.05) is 18.2 Å². The summed E-state index contributed by atoms with van der Waals surface area (Å²) in [4.78, 5) is 0. The highest BCUT2D eigenvalue weighted by Crippen LogP contribution is 2.20. The van der Waals surface area contributed by atoms with Crippen LogP contribution in [0, 0.1) is 23.0 Å². The minimum Gasteiger partial charge on any atom is -0.392 e. The van der Waals surface area contributed by atoms with Crippen LogP contribution in [0.2, 0.25) is 0 Å². The number of rotatable bonds is 3. The van der Waals surface area contributed by atoms with Gasteiger partial charge in [0.25, 0.3) is 0 Å². The number of benzene rings is 1. The van der Waals surface area contributed by atoms with Gasteiger partial charge in [0.1, 0.15) is 11.6 Å². The van der Waals surface area contributed by atoms with E-state index in [2.05, 4.69) is 5.32 Å². The number of nitrogens with one attached hydrogen (secondary N) is 1. The van der Waals surface area contributed by atoms with Crippen molar-refractivity contribution in [1.82, 2.24) is 5.32 Å². The molecule has 1 fully saturated rings. The summed E-state index contributed by atoms with van der Waals surface area (Å²) in [6.45, 7) is 0.0190. The van der Waals surface area contributed by atoms with Gasteiger partial charge in [-0.1, -0.05) is 12.8 Å². The van der Waals surface area contributed by atoms with E-state index in [1.807, 2.05) is 0 Å². The fourth-order valence-electron chi connectivity index (χ4n) is 2.42. The molecule has 1 aromatic carbocycles. The molecule has 2 atom stereocenters. The highest BCUT2D eigenvalue weighted by molar-refractivity contribution is 5.34. The summed E-state index contributed by atoms with van der Waals surface area (Å²) in [7, 11) is 0. The second-order valence-electron chi connectivity index (χ2n) is 4.87. The van der Waals surface area contributed by atoms with Crippen LogP contribution in [0.5, 0.6) is 0 Å². The molecular formula is C14H16F2N2O. The van der Waals surface area contributed by atoms with E-state index in [1.165, 1.54) is 0 Å². The van der Waals surface area contributed by atoms with Crippen LogP contribution in [0.1, 0.15) is 36.8 Å². The van der Waals surface area contributed by atoms with Crippen LogP contribution in [0.4, 0.5) is 8.78 Å². The Labute approximate surface area is 110 Å². The van der Waals surface area contributed by atoms with Crippen molar-refractivity contribution in [2.75, 3.05) is 0 Å². The van der Waals surface area contributed by atoms with Crippen molar-refractivity contribution < 1.29 is 13.9 Å². The zero-order valence-corrected chi connectivity index (χ0v) is 10.5. The molecule has 0 amide bonds. The van der Waals surface area contributed by atoms with Crippen molar-refractivity contribution in [3.8, 4) is 6.07 Å². The molecule has 19 heavy (non-hydrogen) atoms. The van der Waals surface area contributed by atoms with Gasteiger partial charge in [-0.2, -0.15) is 5.26 Å². The minimum absolute atomic E-state index is 0.0190. The minimum atomic E-state index is -0.727. The van der Waals surface area contributed by atoms with Crippen LogP contribution in [0.15, 0.2) is 12.1 Å². The van der Waals surface area contributed by atoms with Crippen LogP contribution in [-0.2, 0) is 6.54 Å². The maximum absolute atomic E-state index is 13.7.